The van der Waals surface area contributed by atoms with Crippen molar-refractivity contribution in [1.29, 1.82) is 0 Å². The molecule has 3 N–H and O–H groups in total. The molecule has 0 saturated carbocycles. The van der Waals surface area contributed by atoms with Crippen molar-refractivity contribution in [3.8, 4) is 0 Å². The lowest BCUT2D eigenvalue weighted by molar-refractivity contribution is -0.124. The van der Waals surface area contributed by atoms with Crippen LogP contribution in [0, 0.1) is 12.8 Å². The quantitative estimate of drug-likeness (QED) is 0.818. The molecule has 0 saturated heterocycles. The van der Waals surface area contributed by atoms with Gasteiger partial charge < -0.3 is 11.1 Å². The molecule has 0 aliphatic carbocycles. The Balaban J connectivity index is 0.00000289. The number of hydrogen-bond donors (Lipinski definition) is 2. The van der Waals surface area contributed by atoms with Crippen molar-refractivity contribution in [1.82, 2.24) is 5.32 Å². The third-order valence-electron chi connectivity index (χ3n) is 2.70. The highest BCUT2D eigenvalue weighted by Crippen LogP contribution is 2.21. The zero-order valence-electron chi connectivity index (χ0n) is 11.0. The summed E-state index contributed by atoms with van der Waals surface area (Å²) in [6, 6.07) is 6.26. The summed E-state index contributed by atoms with van der Waals surface area (Å²) in [5, 5.41) is 2.91. The molecule has 0 aliphatic rings. The molecule has 18 heavy (non-hydrogen) atoms. The Morgan fingerprint density at radius 2 is 2.17 bits per heavy atom. The molecule has 5 heteroatoms. The first-order valence-electron chi connectivity index (χ1n) is 5.69. The van der Waals surface area contributed by atoms with E-state index in [2.05, 4.69) is 30.4 Å². The lowest BCUT2D eigenvalue weighted by Gasteiger charge is -2.12. The summed E-state index contributed by atoms with van der Waals surface area (Å²) in [5.41, 5.74) is 7.84. The van der Waals surface area contributed by atoms with Gasteiger partial charge in [0.05, 0.1) is 0 Å². The maximum Gasteiger partial charge on any atom is 0.224 e. The molecule has 1 aromatic carbocycles. The zero-order valence-corrected chi connectivity index (χ0v) is 12.7. The molecule has 1 rings (SSSR count). The van der Waals surface area contributed by atoms with E-state index in [4.69, 9.17) is 5.73 Å². The van der Waals surface area contributed by atoms with Gasteiger partial charge in [-0.2, -0.15) is 0 Å². The highest BCUT2D eigenvalue weighted by molar-refractivity contribution is 7.98. The van der Waals surface area contributed by atoms with Crippen LogP contribution in [0.2, 0.25) is 0 Å². The van der Waals surface area contributed by atoms with E-state index < -0.39 is 0 Å². The first-order chi connectivity index (χ1) is 8.08. The van der Waals surface area contributed by atoms with Crippen molar-refractivity contribution < 1.29 is 4.79 Å². The Labute approximate surface area is 119 Å². The highest BCUT2D eigenvalue weighted by atomic mass is 35.5. The van der Waals surface area contributed by atoms with Gasteiger partial charge >= 0.3 is 0 Å². The Morgan fingerprint density at radius 3 is 2.72 bits per heavy atom. The molecule has 1 unspecified atom stereocenters. The fraction of sp³-hybridized carbons (Fsp3) is 0.462. The average Bonchev–Trinajstić information content (AvgIpc) is 2.35. The van der Waals surface area contributed by atoms with Gasteiger partial charge in [0.15, 0.2) is 0 Å². The fourth-order valence-electron chi connectivity index (χ4n) is 1.46. The summed E-state index contributed by atoms with van der Waals surface area (Å²) in [7, 11) is 0. The number of halogens is 1. The fourth-order valence-corrected chi connectivity index (χ4v) is 2.17. The van der Waals surface area contributed by atoms with Crippen LogP contribution in [0.5, 0.6) is 0 Å². The van der Waals surface area contributed by atoms with Crippen LogP contribution in [0.1, 0.15) is 18.1 Å². The molecule has 0 aliphatic heterocycles. The zero-order chi connectivity index (χ0) is 12.8. The minimum Gasteiger partial charge on any atom is -0.352 e. The Morgan fingerprint density at radius 1 is 1.50 bits per heavy atom. The second-order valence-corrected chi connectivity index (χ2v) is 5.02. The number of aryl methyl sites for hydroxylation is 1. The molecular formula is C13H21ClN2OS. The van der Waals surface area contributed by atoms with Gasteiger partial charge in [0.1, 0.15) is 0 Å². The lowest BCUT2D eigenvalue weighted by atomic mass is 10.1. The van der Waals surface area contributed by atoms with Gasteiger partial charge in [-0.15, -0.1) is 24.2 Å². The van der Waals surface area contributed by atoms with Gasteiger partial charge in [0.25, 0.3) is 0 Å². The largest absolute Gasteiger partial charge is 0.352 e. The molecular weight excluding hydrogens is 268 g/mol. The predicted molar refractivity (Wildman–Crippen MR) is 80.3 cm³/mol. The number of carbonyl (C=O) groups excluding carboxylic acids is 1. The van der Waals surface area contributed by atoms with E-state index in [9.17, 15) is 4.79 Å². The molecule has 1 amide bonds. The van der Waals surface area contributed by atoms with Gasteiger partial charge in [-0.1, -0.05) is 19.1 Å². The third kappa shape index (κ3) is 4.88. The number of nitrogens with two attached hydrogens (primary N) is 1. The van der Waals surface area contributed by atoms with Crippen molar-refractivity contribution in [2.45, 2.75) is 25.3 Å². The minimum absolute atomic E-state index is 0. The van der Waals surface area contributed by atoms with E-state index >= 15 is 0 Å². The van der Waals surface area contributed by atoms with Crippen LogP contribution in [-0.2, 0) is 11.3 Å². The smallest absolute Gasteiger partial charge is 0.224 e. The molecule has 0 spiro atoms. The summed E-state index contributed by atoms with van der Waals surface area (Å²) in [6.45, 7) is 4.85. The van der Waals surface area contributed by atoms with Crippen LogP contribution >= 0.6 is 24.2 Å². The Hall–Kier alpha value is -0.710. The standard InChI is InChI=1S/C13H20N2OS.ClH/c1-9-4-5-11(12(6-9)17-3)8-15-13(16)10(2)7-14;/h4-6,10H,7-8,14H2,1-3H3,(H,15,16);1H. The topological polar surface area (TPSA) is 55.1 Å². The summed E-state index contributed by atoms with van der Waals surface area (Å²) < 4.78 is 0. The summed E-state index contributed by atoms with van der Waals surface area (Å²) >= 11 is 1.70. The molecule has 0 bridgehead atoms. The number of hydrogen-bond acceptors (Lipinski definition) is 3. The van der Waals surface area contributed by atoms with Gasteiger partial charge in [-0.3, -0.25) is 4.79 Å². The van der Waals surface area contributed by atoms with Crippen molar-refractivity contribution >= 4 is 30.1 Å². The Kier molecular flexibility index (Phi) is 8.07. The summed E-state index contributed by atoms with van der Waals surface area (Å²) in [4.78, 5) is 12.8. The number of benzene rings is 1. The van der Waals surface area contributed by atoms with Crippen molar-refractivity contribution in [2.24, 2.45) is 11.7 Å². The molecule has 0 aromatic heterocycles. The van der Waals surface area contributed by atoms with Gasteiger partial charge in [-0.25, -0.2) is 0 Å². The van der Waals surface area contributed by atoms with Crippen molar-refractivity contribution in [3.63, 3.8) is 0 Å². The monoisotopic (exact) mass is 288 g/mol. The van der Waals surface area contributed by atoms with Gasteiger partial charge in [0.2, 0.25) is 5.91 Å². The molecule has 3 nitrogen and oxygen atoms in total. The van der Waals surface area contributed by atoms with E-state index in [0.29, 0.717) is 13.1 Å². The molecule has 0 heterocycles. The minimum atomic E-state index is -0.127. The molecule has 0 radical (unpaired) electrons. The first-order valence-corrected chi connectivity index (χ1v) is 6.92. The normalized spacial score (nSPS) is 11.6. The second kappa shape index (κ2) is 8.40. The summed E-state index contributed by atoms with van der Waals surface area (Å²) in [5.74, 6) is -0.113. The van der Waals surface area contributed by atoms with Crippen LogP contribution in [0.15, 0.2) is 23.1 Å². The maximum absolute atomic E-state index is 11.6. The SMILES string of the molecule is CSc1cc(C)ccc1CNC(=O)C(C)CN.Cl. The van der Waals surface area contributed by atoms with E-state index in [-0.39, 0.29) is 24.2 Å². The average molecular weight is 289 g/mol. The van der Waals surface area contributed by atoms with Crippen molar-refractivity contribution in [3.05, 3.63) is 29.3 Å². The van der Waals surface area contributed by atoms with Crippen LogP contribution in [0.25, 0.3) is 0 Å². The highest BCUT2D eigenvalue weighted by Gasteiger charge is 2.10. The van der Waals surface area contributed by atoms with Crippen molar-refractivity contribution in [2.75, 3.05) is 12.8 Å². The van der Waals surface area contributed by atoms with Gasteiger partial charge in [-0.05, 0) is 30.4 Å². The molecule has 1 aromatic rings. The summed E-state index contributed by atoms with van der Waals surface area (Å²) in [6.07, 6.45) is 2.04. The lowest BCUT2D eigenvalue weighted by Crippen LogP contribution is -2.32. The number of carbonyl (C=O) groups is 1. The molecule has 1 atom stereocenters. The second-order valence-electron chi connectivity index (χ2n) is 4.17. The number of nitrogens with one attached hydrogen (secondary N) is 1. The van der Waals surface area contributed by atoms with Crippen LogP contribution in [-0.4, -0.2) is 18.7 Å². The Bertz CT molecular complexity index is 399. The maximum atomic E-state index is 11.6. The van der Waals surface area contributed by atoms with Crippen LogP contribution in [0.3, 0.4) is 0 Å². The number of rotatable bonds is 5. The van der Waals surface area contributed by atoms with E-state index in [1.807, 2.05) is 13.2 Å². The first kappa shape index (κ1) is 17.3. The van der Waals surface area contributed by atoms with Gasteiger partial charge in [0, 0.05) is 23.9 Å². The van der Waals surface area contributed by atoms with Crippen LogP contribution in [0.4, 0.5) is 0 Å². The van der Waals surface area contributed by atoms with E-state index in [1.165, 1.54) is 10.5 Å². The molecule has 0 fully saturated rings. The van der Waals surface area contributed by atoms with E-state index in [0.717, 1.165) is 5.56 Å². The van der Waals surface area contributed by atoms with Crippen LogP contribution < -0.4 is 11.1 Å². The number of thioether (sulfide) groups is 1. The predicted octanol–water partition coefficient (Wildman–Crippen LogP) is 2.35. The number of amides is 1. The third-order valence-corrected chi connectivity index (χ3v) is 3.52. The van der Waals surface area contributed by atoms with E-state index in [1.54, 1.807) is 11.8 Å². The molecule has 102 valence electrons.